The van der Waals surface area contributed by atoms with Gasteiger partial charge in [0, 0.05) is 12.5 Å². The Bertz CT molecular complexity index is 774. The van der Waals surface area contributed by atoms with E-state index in [0.29, 0.717) is 12.3 Å². The zero-order valence-corrected chi connectivity index (χ0v) is 13.2. The number of methoxy groups -OCH3 is 1. The number of hydrogen-bond donors (Lipinski definition) is 2. The second kappa shape index (κ2) is 7.11. The number of pyridine rings is 1. The minimum atomic E-state index is 0.135. The highest BCUT2D eigenvalue weighted by Crippen LogP contribution is 2.28. The molecule has 0 fully saturated rings. The Morgan fingerprint density at radius 2 is 1.83 bits per heavy atom. The van der Waals surface area contributed by atoms with Crippen molar-refractivity contribution in [1.82, 2.24) is 4.98 Å². The number of para-hydroxylation sites is 1. The summed E-state index contributed by atoms with van der Waals surface area (Å²) in [4.78, 5) is 4.38. The van der Waals surface area contributed by atoms with Crippen LogP contribution in [0, 0.1) is 0 Å². The van der Waals surface area contributed by atoms with Crippen molar-refractivity contribution in [3.63, 3.8) is 0 Å². The summed E-state index contributed by atoms with van der Waals surface area (Å²) in [6.45, 7) is 0.602. The predicted octanol–water partition coefficient (Wildman–Crippen LogP) is 3.49. The van der Waals surface area contributed by atoms with Crippen LogP contribution in [0.2, 0.25) is 0 Å². The molecule has 0 amide bonds. The lowest BCUT2D eigenvalue weighted by Gasteiger charge is -2.21. The summed E-state index contributed by atoms with van der Waals surface area (Å²) in [5.74, 6) is 0. The second-order valence-corrected chi connectivity index (χ2v) is 5.59. The molecule has 23 heavy (non-hydrogen) atoms. The fraction of sp³-hybridized carbons (Fsp3) is 0.211. The third-order valence-electron chi connectivity index (χ3n) is 3.85. The highest BCUT2D eigenvalue weighted by Gasteiger charge is 2.13. The van der Waals surface area contributed by atoms with Crippen LogP contribution in [0.1, 0.15) is 5.56 Å². The van der Waals surface area contributed by atoms with Gasteiger partial charge in [0.15, 0.2) is 0 Å². The number of nitrogens with zero attached hydrogens (tertiary/aromatic N) is 1. The van der Waals surface area contributed by atoms with Crippen molar-refractivity contribution in [2.24, 2.45) is 0 Å². The number of nitrogens with two attached hydrogens (primary N) is 1. The monoisotopic (exact) mass is 307 g/mol. The first-order valence-electron chi connectivity index (χ1n) is 7.70. The quantitative estimate of drug-likeness (QED) is 0.732. The Hall–Kier alpha value is -2.59. The second-order valence-electron chi connectivity index (χ2n) is 5.59. The van der Waals surface area contributed by atoms with Gasteiger partial charge in [0.1, 0.15) is 0 Å². The van der Waals surface area contributed by atoms with Crippen molar-refractivity contribution in [3.05, 3.63) is 66.4 Å². The molecule has 0 aliphatic rings. The summed E-state index contributed by atoms with van der Waals surface area (Å²) < 4.78 is 5.38. The van der Waals surface area contributed by atoms with Gasteiger partial charge in [0.2, 0.25) is 0 Å². The first kappa shape index (κ1) is 15.3. The van der Waals surface area contributed by atoms with Crippen LogP contribution in [-0.2, 0) is 11.2 Å². The molecule has 0 radical (unpaired) electrons. The van der Waals surface area contributed by atoms with Crippen LogP contribution in [0.4, 0.5) is 11.4 Å². The number of fused-ring (bicyclic) bond motifs is 1. The van der Waals surface area contributed by atoms with Gasteiger partial charge >= 0.3 is 0 Å². The smallest absolute Gasteiger partial charge is 0.0743 e. The number of anilines is 2. The number of benzene rings is 2. The molecule has 0 saturated heterocycles. The van der Waals surface area contributed by atoms with Gasteiger partial charge in [-0.15, -0.1) is 0 Å². The lowest BCUT2D eigenvalue weighted by molar-refractivity contribution is 0.185. The van der Waals surface area contributed by atoms with E-state index in [0.717, 1.165) is 23.0 Å². The molecule has 0 bridgehead atoms. The average molecular weight is 307 g/mol. The van der Waals surface area contributed by atoms with E-state index in [-0.39, 0.29) is 6.04 Å². The number of aromatic nitrogens is 1. The molecule has 3 aromatic rings. The first-order valence-corrected chi connectivity index (χ1v) is 7.70. The van der Waals surface area contributed by atoms with Crippen LogP contribution in [0.5, 0.6) is 0 Å². The fourth-order valence-electron chi connectivity index (χ4n) is 2.77. The summed E-state index contributed by atoms with van der Waals surface area (Å²) in [6.07, 6.45) is 2.57. The highest BCUT2D eigenvalue weighted by molar-refractivity contribution is 5.96. The van der Waals surface area contributed by atoms with Crippen LogP contribution < -0.4 is 11.1 Å². The molecule has 0 saturated carbocycles. The Labute approximate surface area is 136 Å². The Morgan fingerprint density at radius 3 is 2.61 bits per heavy atom. The van der Waals surface area contributed by atoms with Crippen molar-refractivity contribution in [2.75, 3.05) is 24.8 Å². The molecule has 4 heteroatoms. The van der Waals surface area contributed by atoms with Crippen molar-refractivity contribution < 1.29 is 4.74 Å². The summed E-state index contributed by atoms with van der Waals surface area (Å²) in [7, 11) is 1.72. The zero-order valence-electron chi connectivity index (χ0n) is 13.2. The average Bonchev–Trinajstić information content (AvgIpc) is 2.58. The van der Waals surface area contributed by atoms with Crippen LogP contribution in [-0.4, -0.2) is 24.7 Å². The van der Waals surface area contributed by atoms with Crippen LogP contribution in [0.15, 0.2) is 60.8 Å². The van der Waals surface area contributed by atoms with Gasteiger partial charge in [-0.3, -0.25) is 4.98 Å². The van der Waals surface area contributed by atoms with Gasteiger partial charge in [-0.25, -0.2) is 0 Å². The Kier molecular flexibility index (Phi) is 4.74. The zero-order chi connectivity index (χ0) is 16.1. The first-order chi connectivity index (χ1) is 11.3. The number of nitrogens with one attached hydrogen (secondary N) is 1. The third kappa shape index (κ3) is 3.60. The fourth-order valence-corrected chi connectivity index (χ4v) is 2.77. The number of ether oxygens (including phenoxy) is 1. The molecule has 3 rings (SSSR count). The Balaban J connectivity index is 1.89. The van der Waals surface area contributed by atoms with Crippen LogP contribution in [0.3, 0.4) is 0 Å². The molecular weight excluding hydrogens is 286 g/mol. The van der Waals surface area contributed by atoms with Gasteiger partial charge in [-0.1, -0.05) is 48.5 Å². The lowest BCUT2D eigenvalue weighted by Crippen LogP contribution is -2.28. The number of rotatable bonds is 6. The Morgan fingerprint density at radius 1 is 1.09 bits per heavy atom. The van der Waals surface area contributed by atoms with Crippen LogP contribution >= 0.6 is 0 Å². The van der Waals surface area contributed by atoms with Crippen molar-refractivity contribution in [3.8, 4) is 0 Å². The van der Waals surface area contributed by atoms with Crippen molar-refractivity contribution in [1.29, 1.82) is 0 Å². The van der Waals surface area contributed by atoms with E-state index < -0.39 is 0 Å². The maximum atomic E-state index is 6.16. The summed E-state index contributed by atoms with van der Waals surface area (Å²) in [6, 6.07) is 18.5. The van der Waals surface area contributed by atoms with Crippen LogP contribution in [0.25, 0.3) is 10.9 Å². The molecule has 0 aliphatic carbocycles. The van der Waals surface area contributed by atoms with Gasteiger partial charge in [0.25, 0.3) is 0 Å². The van der Waals surface area contributed by atoms with Crippen molar-refractivity contribution >= 4 is 22.3 Å². The molecule has 1 heterocycles. The normalized spacial score (nSPS) is 12.2. The SMILES string of the molecule is COC[C@H](Cc1ccccc1)Nc1c(N)cnc2ccccc12. The summed E-state index contributed by atoms with van der Waals surface area (Å²) >= 11 is 0. The van der Waals surface area contributed by atoms with E-state index in [9.17, 15) is 0 Å². The molecule has 118 valence electrons. The molecule has 0 aliphatic heterocycles. The van der Waals surface area contributed by atoms with Gasteiger partial charge < -0.3 is 15.8 Å². The number of hydrogen-bond acceptors (Lipinski definition) is 4. The van der Waals surface area contributed by atoms with E-state index in [1.807, 2.05) is 30.3 Å². The molecule has 0 unspecified atom stereocenters. The highest BCUT2D eigenvalue weighted by atomic mass is 16.5. The van der Waals surface area contributed by atoms with Gasteiger partial charge in [-0.2, -0.15) is 0 Å². The minimum absolute atomic E-state index is 0.135. The lowest BCUT2D eigenvalue weighted by atomic mass is 10.1. The summed E-state index contributed by atoms with van der Waals surface area (Å²) in [5, 5.41) is 4.58. The molecule has 1 atom stereocenters. The molecule has 3 N–H and O–H groups in total. The molecule has 4 nitrogen and oxygen atoms in total. The maximum Gasteiger partial charge on any atom is 0.0743 e. The van der Waals surface area contributed by atoms with E-state index in [4.69, 9.17) is 10.5 Å². The van der Waals surface area contributed by atoms with Gasteiger partial charge in [-0.05, 0) is 18.1 Å². The third-order valence-corrected chi connectivity index (χ3v) is 3.85. The maximum absolute atomic E-state index is 6.16. The molecule has 0 spiro atoms. The standard InChI is InChI=1S/C19H21N3O/c1-23-13-15(11-14-7-3-2-4-8-14)22-19-16-9-5-6-10-18(16)21-12-17(19)20/h2-10,12,15H,11,13,20H2,1H3,(H,21,22)/t15-/m0/s1. The summed E-state index contributed by atoms with van der Waals surface area (Å²) in [5.41, 5.74) is 9.93. The minimum Gasteiger partial charge on any atom is -0.396 e. The van der Waals surface area contributed by atoms with Crippen molar-refractivity contribution in [2.45, 2.75) is 12.5 Å². The van der Waals surface area contributed by atoms with E-state index in [1.54, 1.807) is 13.3 Å². The predicted molar refractivity (Wildman–Crippen MR) is 95.6 cm³/mol. The molecule has 2 aromatic carbocycles. The van der Waals surface area contributed by atoms with Gasteiger partial charge in [0.05, 0.1) is 35.7 Å². The largest absolute Gasteiger partial charge is 0.396 e. The van der Waals surface area contributed by atoms with E-state index in [1.165, 1.54) is 5.56 Å². The number of nitrogen functional groups attached to an aromatic ring is 1. The van der Waals surface area contributed by atoms with E-state index in [2.05, 4.69) is 34.6 Å². The molecular formula is C19H21N3O. The molecule has 1 aromatic heterocycles. The van der Waals surface area contributed by atoms with E-state index >= 15 is 0 Å². The topological polar surface area (TPSA) is 60.2 Å².